The SMILES string of the molecule is C=CCCC(=C)C(=O)OCC=O. The highest BCUT2D eigenvalue weighted by atomic mass is 16.5. The van der Waals surface area contributed by atoms with E-state index in [9.17, 15) is 9.59 Å². The average molecular weight is 168 g/mol. The van der Waals surface area contributed by atoms with Gasteiger partial charge in [0.1, 0.15) is 6.61 Å². The molecule has 0 aliphatic rings. The minimum absolute atomic E-state index is 0.202. The molecule has 3 nitrogen and oxygen atoms in total. The van der Waals surface area contributed by atoms with E-state index in [-0.39, 0.29) is 6.61 Å². The summed E-state index contributed by atoms with van der Waals surface area (Å²) < 4.78 is 4.51. The molecule has 0 atom stereocenters. The van der Waals surface area contributed by atoms with Gasteiger partial charge in [0.15, 0.2) is 6.29 Å². The molecule has 0 radical (unpaired) electrons. The van der Waals surface area contributed by atoms with Crippen LogP contribution in [0.25, 0.3) is 0 Å². The second-order valence-corrected chi connectivity index (χ2v) is 2.20. The zero-order chi connectivity index (χ0) is 9.40. The lowest BCUT2D eigenvalue weighted by Crippen LogP contribution is -2.08. The summed E-state index contributed by atoms with van der Waals surface area (Å²) in [6.07, 6.45) is 3.44. The third kappa shape index (κ3) is 4.44. The van der Waals surface area contributed by atoms with E-state index in [0.717, 1.165) is 0 Å². The Hall–Kier alpha value is -1.38. The predicted molar refractivity (Wildman–Crippen MR) is 45.6 cm³/mol. The average Bonchev–Trinajstić information content (AvgIpc) is 2.10. The first-order valence-electron chi connectivity index (χ1n) is 3.61. The highest BCUT2D eigenvalue weighted by molar-refractivity contribution is 5.88. The Morgan fingerprint density at radius 2 is 2.17 bits per heavy atom. The normalized spacial score (nSPS) is 8.67. The van der Waals surface area contributed by atoms with Crippen LogP contribution in [0.4, 0.5) is 0 Å². The number of carbonyl (C=O) groups is 2. The van der Waals surface area contributed by atoms with Crippen molar-refractivity contribution in [1.82, 2.24) is 0 Å². The highest BCUT2D eigenvalue weighted by Gasteiger charge is 2.05. The molecule has 0 amide bonds. The van der Waals surface area contributed by atoms with Gasteiger partial charge in [-0.05, 0) is 12.8 Å². The number of hydrogen-bond acceptors (Lipinski definition) is 3. The fourth-order valence-electron chi connectivity index (χ4n) is 0.590. The van der Waals surface area contributed by atoms with E-state index >= 15 is 0 Å². The van der Waals surface area contributed by atoms with Crippen LogP contribution < -0.4 is 0 Å². The molecule has 0 aromatic heterocycles. The Morgan fingerprint density at radius 1 is 1.50 bits per heavy atom. The topological polar surface area (TPSA) is 43.4 Å². The van der Waals surface area contributed by atoms with Crippen LogP contribution in [0.5, 0.6) is 0 Å². The maximum absolute atomic E-state index is 10.9. The molecular formula is C9H12O3. The van der Waals surface area contributed by atoms with Crippen molar-refractivity contribution in [2.24, 2.45) is 0 Å². The Labute approximate surface area is 71.7 Å². The summed E-state index contributed by atoms with van der Waals surface area (Å²) in [4.78, 5) is 20.7. The van der Waals surface area contributed by atoms with Crippen LogP contribution in [-0.4, -0.2) is 18.9 Å². The molecule has 0 heterocycles. The Kier molecular flexibility index (Phi) is 5.61. The van der Waals surface area contributed by atoms with Gasteiger partial charge in [0.2, 0.25) is 0 Å². The van der Waals surface area contributed by atoms with Gasteiger partial charge < -0.3 is 4.74 Å². The number of esters is 1. The number of ether oxygens (including phenoxy) is 1. The molecular weight excluding hydrogens is 156 g/mol. The van der Waals surface area contributed by atoms with E-state index in [2.05, 4.69) is 17.9 Å². The van der Waals surface area contributed by atoms with E-state index in [1.807, 2.05) is 0 Å². The Bertz CT molecular complexity index is 172. The zero-order valence-electron chi connectivity index (χ0n) is 6.91. The van der Waals surface area contributed by atoms with Crippen LogP contribution in [0, 0.1) is 0 Å². The van der Waals surface area contributed by atoms with Gasteiger partial charge in [-0.1, -0.05) is 12.7 Å². The first kappa shape index (κ1) is 10.6. The molecule has 0 fully saturated rings. The zero-order valence-corrected chi connectivity index (χ0v) is 6.91. The molecule has 0 aromatic rings. The van der Waals surface area contributed by atoms with Crippen LogP contribution in [0.15, 0.2) is 24.8 Å². The molecule has 0 bridgehead atoms. The summed E-state index contributed by atoms with van der Waals surface area (Å²) >= 11 is 0. The number of hydrogen-bond donors (Lipinski definition) is 0. The highest BCUT2D eigenvalue weighted by Crippen LogP contribution is 2.04. The molecule has 3 heteroatoms. The molecule has 0 aromatic carbocycles. The summed E-state index contributed by atoms with van der Waals surface area (Å²) in [5.41, 5.74) is 0.372. The Balaban J connectivity index is 3.68. The standard InChI is InChI=1S/C9H12O3/c1-3-4-5-8(2)9(11)12-7-6-10/h3,6H,1-2,4-5,7H2. The second kappa shape index (κ2) is 6.34. The van der Waals surface area contributed by atoms with Crippen LogP contribution in [-0.2, 0) is 14.3 Å². The van der Waals surface area contributed by atoms with E-state index < -0.39 is 5.97 Å². The quantitative estimate of drug-likeness (QED) is 0.259. The molecule has 0 unspecified atom stereocenters. The monoisotopic (exact) mass is 168 g/mol. The largest absolute Gasteiger partial charge is 0.455 e. The van der Waals surface area contributed by atoms with Crippen molar-refractivity contribution in [2.75, 3.05) is 6.61 Å². The summed E-state index contributed by atoms with van der Waals surface area (Å²) in [6, 6.07) is 0. The van der Waals surface area contributed by atoms with E-state index in [1.165, 1.54) is 0 Å². The predicted octanol–water partition coefficient (Wildman–Crippen LogP) is 1.25. The minimum Gasteiger partial charge on any atom is -0.455 e. The molecule has 0 aliphatic heterocycles. The number of rotatable bonds is 6. The molecule has 66 valence electrons. The summed E-state index contributed by atoms with van der Waals surface area (Å²) in [5.74, 6) is -0.510. The van der Waals surface area contributed by atoms with Crippen LogP contribution in [0.2, 0.25) is 0 Å². The third-order valence-corrected chi connectivity index (χ3v) is 1.22. The lowest BCUT2D eigenvalue weighted by atomic mass is 10.2. The van der Waals surface area contributed by atoms with Crippen molar-refractivity contribution in [3.05, 3.63) is 24.8 Å². The minimum atomic E-state index is -0.510. The third-order valence-electron chi connectivity index (χ3n) is 1.22. The van der Waals surface area contributed by atoms with Crippen LogP contribution >= 0.6 is 0 Å². The second-order valence-electron chi connectivity index (χ2n) is 2.20. The van der Waals surface area contributed by atoms with E-state index in [1.54, 1.807) is 6.08 Å². The maximum Gasteiger partial charge on any atom is 0.333 e. The van der Waals surface area contributed by atoms with Gasteiger partial charge in [-0.3, -0.25) is 4.79 Å². The van der Waals surface area contributed by atoms with Crippen molar-refractivity contribution in [2.45, 2.75) is 12.8 Å². The lowest BCUT2D eigenvalue weighted by molar-refractivity contribution is -0.141. The maximum atomic E-state index is 10.9. The van der Waals surface area contributed by atoms with Crippen molar-refractivity contribution < 1.29 is 14.3 Å². The van der Waals surface area contributed by atoms with Crippen molar-refractivity contribution in [3.63, 3.8) is 0 Å². The smallest absolute Gasteiger partial charge is 0.333 e. The fourth-order valence-corrected chi connectivity index (χ4v) is 0.590. The number of aldehydes is 1. The van der Waals surface area contributed by atoms with E-state index in [4.69, 9.17) is 0 Å². The first-order valence-corrected chi connectivity index (χ1v) is 3.61. The van der Waals surface area contributed by atoms with Crippen LogP contribution in [0.3, 0.4) is 0 Å². The molecule has 12 heavy (non-hydrogen) atoms. The summed E-state index contributed by atoms with van der Waals surface area (Å²) in [7, 11) is 0. The van der Waals surface area contributed by atoms with Gasteiger partial charge in [0, 0.05) is 5.57 Å². The van der Waals surface area contributed by atoms with E-state index in [0.29, 0.717) is 24.7 Å². The van der Waals surface area contributed by atoms with Gasteiger partial charge in [0.25, 0.3) is 0 Å². The fraction of sp³-hybridized carbons (Fsp3) is 0.333. The summed E-state index contributed by atoms with van der Waals surface area (Å²) in [5, 5.41) is 0. The number of carbonyl (C=O) groups excluding carboxylic acids is 2. The lowest BCUT2D eigenvalue weighted by Gasteiger charge is -2.01. The molecule has 0 rings (SSSR count). The molecule has 0 saturated heterocycles. The molecule has 0 saturated carbocycles. The Morgan fingerprint density at radius 3 is 2.67 bits per heavy atom. The van der Waals surface area contributed by atoms with Crippen molar-refractivity contribution in [1.29, 1.82) is 0 Å². The van der Waals surface area contributed by atoms with Gasteiger partial charge in [0.05, 0.1) is 0 Å². The van der Waals surface area contributed by atoms with Gasteiger partial charge in [-0.15, -0.1) is 6.58 Å². The van der Waals surface area contributed by atoms with Crippen molar-refractivity contribution >= 4 is 12.3 Å². The molecule has 0 aliphatic carbocycles. The summed E-state index contributed by atoms with van der Waals surface area (Å²) in [6.45, 7) is 6.81. The van der Waals surface area contributed by atoms with Crippen LogP contribution in [0.1, 0.15) is 12.8 Å². The molecule has 0 N–H and O–H groups in total. The number of allylic oxidation sites excluding steroid dienone is 1. The van der Waals surface area contributed by atoms with Gasteiger partial charge in [-0.25, -0.2) is 4.79 Å². The first-order chi connectivity index (χ1) is 5.72. The van der Waals surface area contributed by atoms with Crippen molar-refractivity contribution in [3.8, 4) is 0 Å². The van der Waals surface area contributed by atoms with Gasteiger partial charge in [-0.2, -0.15) is 0 Å². The van der Waals surface area contributed by atoms with Gasteiger partial charge >= 0.3 is 5.97 Å². The molecule has 0 spiro atoms.